The molecule has 2 N–H and O–H groups in total. The largest absolute Gasteiger partial charge is 0.396 e. The minimum absolute atomic E-state index is 0. The molecule has 0 fully saturated rings. The molecule has 0 spiro atoms. The number of rotatable bonds is 4. The molecular weight excluding hydrogens is 420 g/mol. The number of carbonyl (C=O) groups excluding carboxylic acids is 2. The SMILES string of the molecule is O=C1NC(=O)c2c1c(-c1ccccc1Cl)cc1c2c(Br)cn1CCCO.[HH]. The molecule has 0 saturated carbocycles. The lowest BCUT2D eigenvalue weighted by Gasteiger charge is -2.12. The molecule has 0 bridgehead atoms. The van der Waals surface area contributed by atoms with Crippen molar-refractivity contribution in [1.29, 1.82) is 0 Å². The van der Waals surface area contributed by atoms with Gasteiger partial charge in [-0.25, -0.2) is 0 Å². The number of aryl methyl sites for hydroxylation is 1. The van der Waals surface area contributed by atoms with Crippen LogP contribution in [0.25, 0.3) is 22.0 Å². The zero-order chi connectivity index (χ0) is 18.4. The molecular formula is C19H16BrClN2O3. The molecule has 2 heterocycles. The summed E-state index contributed by atoms with van der Waals surface area (Å²) in [5, 5.41) is 12.7. The minimum Gasteiger partial charge on any atom is -0.396 e. The zero-order valence-corrected chi connectivity index (χ0v) is 15.9. The quantitative estimate of drug-likeness (QED) is 0.602. The van der Waals surface area contributed by atoms with Crippen LogP contribution in [0.15, 0.2) is 41.0 Å². The Kier molecular flexibility index (Phi) is 4.34. The number of nitrogens with zero attached hydrogens (tertiary/aromatic N) is 1. The average molecular weight is 436 g/mol. The van der Waals surface area contributed by atoms with Crippen LogP contribution in [-0.4, -0.2) is 28.1 Å². The third-order valence-corrected chi connectivity index (χ3v) is 5.46. The van der Waals surface area contributed by atoms with E-state index in [2.05, 4.69) is 21.2 Å². The Morgan fingerprint density at radius 3 is 2.62 bits per heavy atom. The second-order valence-corrected chi connectivity index (χ2v) is 7.34. The van der Waals surface area contributed by atoms with E-state index in [-0.39, 0.29) is 8.03 Å². The summed E-state index contributed by atoms with van der Waals surface area (Å²) in [5.74, 6) is -0.832. The van der Waals surface area contributed by atoms with Crippen LogP contribution in [0.1, 0.15) is 28.6 Å². The number of benzene rings is 2. The summed E-state index contributed by atoms with van der Waals surface area (Å²) in [6.07, 6.45) is 2.45. The number of halogens is 2. The molecule has 26 heavy (non-hydrogen) atoms. The van der Waals surface area contributed by atoms with Crippen molar-refractivity contribution < 1.29 is 16.1 Å². The van der Waals surface area contributed by atoms with Gasteiger partial charge in [0.05, 0.1) is 16.6 Å². The number of carbonyl (C=O) groups is 2. The highest BCUT2D eigenvalue weighted by Crippen LogP contribution is 2.41. The number of aromatic nitrogens is 1. The van der Waals surface area contributed by atoms with Gasteiger partial charge in [-0.3, -0.25) is 14.9 Å². The number of fused-ring (bicyclic) bond motifs is 3. The molecule has 134 valence electrons. The topological polar surface area (TPSA) is 71.3 Å². The Morgan fingerprint density at radius 1 is 1.15 bits per heavy atom. The fourth-order valence-electron chi connectivity index (χ4n) is 3.42. The molecule has 1 aromatic heterocycles. The maximum Gasteiger partial charge on any atom is 0.259 e. The summed E-state index contributed by atoms with van der Waals surface area (Å²) < 4.78 is 2.70. The first-order chi connectivity index (χ1) is 12.5. The van der Waals surface area contributed by atoms with Crippen LogP contribution in [0.3, 0.4) is 0 Å². The molecule has 7 heteroatoms. The van der Waals surface area contributed by atoms with Gasteiger partial charge in [-0.05, 0) is 40.0 Å². The molecule has 0 radical (unpaired) electrons. The van der Waals surface area contributed by atoms with E-state index in [9.17, 15) is 9.59 Å². The maximum absolute atomic E-state index is 12.5. The van der Waals surface area contributed by atoms with Crippen LogP contribution in [0.5, 0.6) is 0 Å². The molecule has 0 saturated heterocycles. The van der Waals surface area contributed by atoms with Crippen molar-refractivity contribution in [2.45, 2.75) is 13.0 Å². The first-order valence-electron chi connectivity index (χ1n) is 8.09. The molecule has 0 aliphatic carbocycles. The fraction of sp³-hybridized carbons (Fsp3) is 0.158. The number of hydrogen-bond acceptors (Lipinski definition) is 3. The number of amides is 2. The van der Waals surface area contributed by atoms with Gasteiger partial charge in [-0.1, -0.05) is 29.8 Å². The van der Waals surface area contributed by atoms with Crippen molar-refractivity contribution in [3.05, 3.63) is 57.2 Å². The van der Waals surface area contributed by atoms with Gasteiger partial charge in [0.2, 0.25) is 0 Å². The number of imide groups is 1. The third-order valence-electron chi connectivity index (χ3n) is 4.53. The molecule has 5 nitrogen and oxygen atoms in total. The second kappa shape index (κ2) is 6.54. The maximum atomic E-state index is 12.5. The Balaban J connectivity index is 0.00000210. The highest BCUT2D eigenvalue weighted by molar-refractivity contribution is 9.10. The second-order valence-electron chi connectivity index (χ2n) is 6.08. The number of aliphatic hydroxyl groups is 1. The molecule has 4 rings (SSSR count). The van der Waals surface area contributed by atoms with Crippen LogP contribution in [0.4, 0.5) is 0 Å². The summed E-state index contributed by atoms with van der Waals surface area (Å²) in [6, 6.07) is 9.12. The average Bonchev–Trinajstić information content (AvgIpc) is 3.09. The number of aliphatic hydroxyl groups excluding tert-OH is 1. The Labute approximate surface area is 164 Å². The highest BCUT2D eigenvalue weighted by Gasteiger charge is 2.34. The van der Waals surface area contributed by atoms with Crippen LogP contribution in [0, 0.1) is 0 Å². The summed E-state index contributed by atoms with van der Waals surface area (Å²) in [7, 11) is 0. The molecule has 1 aliphatic heterocycles. The van der Waals surface area contributed by atoms with E-state index in [1.807, 2.05) is 35.0 Å². The molecule has 2 aromatic carbocycles. The van der Waals surface area contributed by atoms with Gasteiger partial charge in [-0.2, -0.15) is 0 Å². The van der Waals surface area contributed by atoms with E-state index in [0.29, 0.717) is 45.6 Å². The summed E-state index contributed by atoms with van der Waals surface area (Å²) in [5.41, 5.74) is 2.83. The van der Waals surface area contributed by atoms with Crippen LogP contribution < -0.4 is 5.32 Å². The summed E-state index contributed by atoms with van der Waals surface area (Å²) >= 11 is 9.86. The standard InChI is InChI=1S/C19H14BrClN2O3.H2/c20-12-9-23(6-3-7-24)14-8-11(10-4-1-2-5-13(10)21)15-17(16(12)14)19(26)22-18(15)25;/h1-2,4-5,8-9,24H,3,6-7H2,(H,22,25,26);1H. The predicted molar refractivity (Wildman–Crippen MR) is 106 cm³/mol. The van der Waals surface area contributed by atoms with Crippen LogP contribution in [0.2, 0.25) is 5.02 Å². The van der Waals surface area contributed by atoms with Gasteiger partial charge in [0.1, 0.15) is 0 Å². The Bertz CT molecular complexity index is 1080. The molecule has 0 unspecified atom stereocenters. The van der Waals surface area contributed by atoms with E-state index < -0.39 is 11.8 Å². The van der Waals surface area contributed by atoms with Crippen molar-refractivity contribution in [2.24, 2.45) is 0 Å². The van der Waals surface area contributed by atoms with Gasteiger partial charge < -0.3 is 9.67 Å². The first kappa shape index (κ1) is 17.3. The molecule has 0 atom stereocenters. The van der Waals surface area contributed by atoms with E-state index in [0.717, 1.165) is 9.99 Å². The summed E-state index contributed by atoms with van der Waals surface area (Å²) in [6.45, 7) is 0.660. The van der Waals surface area contributed by atoms with Gasteiger partial charge in [0, 0.05) is 41.2 Å². The number of nitrogens with one attached hydrogen (secondary N) is 1. The van der Waals surface area contributed by atoms with Gasteiger partial charge in [0.15, 0.2) is 0 Å². The van der Waals surface area contributed by atoms with Gasteiger partial charge in [-0.15, -0.1) is 0 Å². The van der Waals surface area contributed by atoms with Crippen molar-refractivity contribution >= 4 is 50.2 Å². The van der Waals surface area contributed by atoms with Crippen molar-refractivity contribution in [2.75, 3.05) is 6.61 Å². The van der Waals surface area contributed by atoms with Gasteiger partial charge >= 0.3 is 0 Å². The smallest absolute Gasteiger partial charge is 0.259 e. The molecule has 3 aromatic rings. The van der Waals surface area contributed by atoms with E-state index in [1.54, 1.807) is 6.07 Å². The lowest BCUT2D eigenvalue weighted by Crippen LogP contribution is -2.20. The van der Waals surface area contributed by atoms with Crippen LogP contribution in [-0.2, 0) is 6.54 Å². The molecule has 2 amide bonds. The van der Waals surface area contributed by atoms with Crippen molar-refractivity contribution in [1.82, 2.24) is 9.88 Å². The van der Waals surface area contributed by atoms with Gasteiger partial charge in [0.25, 0.3) is 11.8 Å². The Hall–Kier alpha value is -2.15. The van der Waals surface area contributed by atoms with E-state index >= 15 is 0 Å². The highest BCUT2D eigenvalue weighted by atomic mass is 79.9. The normalized spacial score (nSPS) is 13.3. The Morgan fingerprint density at radius 2 is 1.88 bits per heavy atom. The fourth-order valence-corrected chi connectivity index (χ4v) is 4.30. The monoisotopic (exact) mass is 434 g/mol. The van der Waals surface area contributed by atoms with Crippen LogP contribution >= 0.6 is 27.5 Å². The first-order valence-corrected chi connectivity index (χ1v) is 9.26. The lowest BCUT2D eigenvalue weighted by atomic mass is 9.94. The third kappa shape index (κ3) is 2.57. The minimum atomic E-state index is -0.420. The summed E-state index contributed by atoms with van der Waals surface area (Å²) in [4.78, 5) is 25.0. The molecule has 1 aliphatic rings. The van der Waals surface area contributed by atoms with E-state index in [4.69, 9.17) is 16.7 Å². The van der Waals surface area contributed by atoms with Crippen molar-refractivity contribution in [3.8, 4) is 11.1 Å². The zero-order valence-electron chi connectivity index (χ0n) is 13.6. The lowest BCUT2D eigenvalue weighted by molar-refractivity contribution is 0.0880. The van der Waals surface area contributed by atoms with Crippen molar-refractivity contribution in [3.63, 3.8) is 0 Å². The van der Waals surface area contributed by atoms with E-state index in [1.165, 1.54) is 0 Å². The number of hydrogen-bond donors (Lipinski definition) is 2. The predicted octanol–water partition coefficient (Wildman–Crippen LogP) is 4.24.